The van der Waals surface area contributed by atoms with Gasteiger partial charge < -0.3 is 14.8 Å². The number of benzene rings is 1. The van der Waals surface area contributed by atoms with E-state index in [2.05, 4.69) is 67.0 Å². The van der Waals surface area contributed by atoms with E-state index < -0.39 is 0 Å². The fourth-order valence-electron chi connectivity index (χ4n) is 2.52. The summed E-state index contributed by atoms with van der Waals surface area (Å²) in [6, 6.07) is 8.62. The molecule has 0 radical (unpaired) electrons. The summed E-state index contributed by atoms with van der Waals surface area (Å²) in [5.74, 6) is 0. The van der Waals surface area contributed by atoms with Gasteiger partial charge in [0.2, 0.25) is 0 Å². The van der Waals surface area contributed by atoms with Crippen molar-refractivity contribution in [2.24, 2.45) is 7.05 Å². The molecule has 104 valence electrons. The van der Waals surface area contributed by atoms with E-state index in [4.69, 9.17) is 0 Å². The molecular formula is C16H25N3. The highest BCUT2D eigenvalue weighted by atomic mass is 15.1. The van der Waals surface area contributed by atoms with Crippen molar-refractivity contribution in [1.29, 1.82) is 0 Å². The highest BCUT2D eigenvalue weighted by Crippen LogP contribution is 2.23. The van der Waals surface area contributed by atoms with Gasteiger partial charge in [-0.1, -0.05) is 25.1 Å². The third-order valence-corrected chi connectivity index (χ3v) is 4.01. The minimum atomic E-state index is 0.939. The summed E-state index contributed by atoms with van der Waals surface area (Å²) in [5.41, 5.74) is 4.11. The predicted octanol–water partition coefficient (Wildman–Crippen LogP) is 2.53. The number of hydrogen-bond acceptors (Lipinski definition) is 2. The SMILES string of the molecule is CCN(C)CCNCc1c(C)c2ccccc2n1C. The van der Waals surface area contributed by atoms with Crippen molar-refractivity contribution >= 4 is 10.9 Å². The molecule has 0 aliphatic rings. The number of aromatic nitrogens is 1. The van der Waals surface area contributed by atoms with Gasteiger partial charge in [0.1, 0.15) is 0 Å². The number of fused-ring (bicyclic) bond motifs is 1. The molecule has 0 aliphatic heterocycles. The van der Waals surface area contributed by atoms with Crippen LogP contribution in [0.15, 0.2) is 24.3 Å². The van der Waals surface area contributed by atoms with Crippen LogP contribution in [0.4, 0.5) is 0 Å². The van der Waals surface area contributed by atoms with Crippen LogP contribution in [-0.2, 0) is 13.6 Å². The van der Waals surface area contributed by atoms with Crippen molar-refractivity contribution in [2.75, 3.05) is 26.7 Å². The number of likely N-dealkylation sites (N-methyl/N-ethyl adjacent to an activating group) is 1. The fourth-order valence-corrected chi connectivity index (χ4v) is 2.52. The van der Waals surface area contributed by atoms with Crippen molar-refractivity contribution in [2.45, 2.75) is 20.4 Å². The summed E-state index contributed by atoms with van der Waals surface area (Å²) >= 11 is 0. The number of hydrogen-bond donors (Lipinski definition) is 1. The van der Waals surface area contributed by atoms with Crippen LogP contribution in [0.2, 0.25) is 0 Å². The van der Waals surface area contributed by atoms with E-state index in [-0.39, 0.29) is 0 Å². The summed E-state index contributed by atoms with van der Waals surface area (Å²) in [4.78, 5) is 2.32. The molecule has 19 heavy (non-hydrogen) atoms. The molecule has 1 N–H and O–H groups in total. The minimum Gasteiger partial charge on any atom is -0.346 e. The molecule has 0 bridgehead atoms. The van der Waals surface area contributed by atoms with Crippen LogP contribution < -0.4 is 5.32 Å². The smallest absolute Gasteiger partial charge is 0.0483 e. The molecule has 2 rings (SSSR count). The Kier molecular flexibility index (Phi) is 4.61. The zero-order valence-electron chi connectivity index (χ0n) is 12.5. The van der Waals surface area contributed by atoms with E-state index in [1.165, 1.54) is 22.2 Å². The summed E-state index contributed by atoms with van der Waals surface area (Å²) in [7, 11) is 4.31. The number of para-hydroxylation sites is 1. The van der Waals surface area contributed by atoms with E-state index >= 15 is 0 Å². The number of rotatable bonds is 6. The Hall–Kier alpha value is -1.32. The standard InChI is InChI=1S/C16H25N3/c1-5-18(3)11-10-17-12-16-13(2)14-8-6-7-9-15(14)19(16)4/h6-9,17H,5,10-12H2,1-4H3. The minimum absolute atomic E-state index is 0.939. The van der Waals surface area contributed by atoms with Gasteiger partial charge in [-0.2, -0.15) is 0 Å². The van der Waals surface area contributed by atoms with Crippen molar-refractivity contribution in [1.82, 2.24) is 14.8 Å². The average molecular weight is 259 g/mol. The van der Waals surface area contributed by atoms with Gasteiger partial charge >= 0.3 is 0 Å². The molecule has 2 aromatic rings. The highest BCUT2D eigenvalue weighted by Gasteiger charge is 2.10. The monoisotopic (exact) mass is 259 g/mol. The van der Waals surface area contributed by atoms with Gasteiger partial charge in [0.25, 0.3) is 0 Å². The van der Waals surface area contributed by atoms with Gasteiger partial charge in [-0.3, -0.25) is 0 Å². The fraction of sp³-hybridized carbons (Fsp3) is 0.500. The van der Waals surface area contributed by atoms with Crippen molar-refractivity contribution in [3.05, 3.63) is 35.5 Å². The second-order valence-electron chi connectivity index (χ2n) is 5.22. The Labute approximate surface area is 116 Å². The van der Waals surface area contributed by atoms with Crippen LogP contribution >= 0.6 is 0 Å². The summed E-state index contributed by atoms with van der Waals surface area (Å²) in [5, 5.41) is 4.92. The van der Waals surface area contributed by atoms with E-state index in [0.717, 1.165) is 26.2 Å². The first-order chi connectivity index (χ1) is 9.15. The van der Waals surface area contributed by atoms with Crippen LogP contribution in [0.5, 0.6) is 0 Å². The largest absolute Gasteiger partial charge is 0.346 e. The maximum atomic E-state index is 3.55. The van der Waals surface area contributed by atoms with Gasteiger partial charge in [0.15, 0.2) is 0 Å². The lowest BCUT2D eigenvalue weighted by atomic mass is 10.1. The average Bonchev–Trinajstić information content (AvgIpc) is 2.68. The Bertz CT molecular complexity index is 503. The Morgan fingerprint density at radius 2 is 2.00 bits per heavy atom. The zero-order valence-corrected chi connectivity index (χ0v) is 12.5. The Balaban J connectivity index is 2.05. The van der Waals surface area contributed by atoms with Crippen LogP contribution in [0.25, 0.3) is 10.9 Å². The molecule has 0 amide bonds. The molecule has 0 fully saturated rings. The van der Waals surface area contributed by atoms with Gasteiger partial charge in [-0.25, -0.2) is 0 Å². The lowest BCUT2D eigenvalue weighted by Gasteiger charge is -2.14. The molecule has 0 aliphatic carbocycles. The number of nitrogens with one attached hydrogen (secondary N) is 1. The molecule has 0 spiro atoms. The molecule has 0 atom stereocenters. The zero-order chi connectivity index (χ0) is 13.8. The third-order valence-electron chi connectivity index (χ3n) is 4.01. The summed E-state index contributed by atoms with van der Waals surface area (Å²) in [6.07, 6.45) is 0. The molecule has 1 aromatic heterocycles. The first-order valence-corrected chi connectivity index (χ1v) is 7.07. The molecule has 1 aromatic carbocycles. The topological polar surface area (TPSA) is 20.2 Å². The molecule has 1 heterocycles. The predicted molar refractivity (Wildman–Crippen MR) is 82.5 cm³/mol. The first-order valence-electron chi connectivity index (χ1n) is 7.07. The Morgan fingerprint density at radius 1 is 1.26 bits per heavy atom. The number of aryl methyl sites for hydroxylation is 2. The second-order valence-corrected chi connectivity index (χ2v) is 5.22. The van der Waals surface area contributed by atoms with Crippen LogP contribution in [-0.4, -0.2) is 36.1 Å². The maximum Gasteiger partial charge on any atom is 0.0483 e. The van der Waals surface area contributed by atoms with E-state index in [1.807, 2.05) is 0 Å². The van der Waals surface area contributed by atoms with Crippen LogP contribution in [0.1, 0.15) is 18.2 Å². The van der Waals surface area contributed by atoms with Crippen molar-refractivity contribution in [3.63, 3.8) is 0 Å². The molecule has 0 saturated heterocycles. The summed E-state index contributed by atoms with van der Waals surface area (Å²) in [6.45, 7) is 8.58. The molecule has 3 nitrogen and oxygen atoms in total. The van der Waals surface area contributed by atoms with Crippen molar-refractivity contribution in [3.8, 4) is 0 Å². The Morgan fingerprint density at radius 3 is 2.68 bits per heavy atom. The lowest BCUT2D eigenvalue weighted by Crippen LogP contribution is -2.29. The molecule has 0 unspecified atom stereocenters. The van der Waals surface area contributed by atoms with Gasteiger partial charge in [-0.05, 0) is 32.1 Å². The van der Waals surface area contributed by atoms with E-state index in [0.29, 0.717) is 0 Å². The number of nitrogens with zero attached hydrogens (tertiary/aromatic N) is 2. The third kappa shape index (κ3) is 2.99. The van der Waals surface area contributed by atoms with Gasteiger partial charge in [0, 0.05) is 43.3 Å². The molecule has 3 heteroatoms. The highest BCUT2D eigenvalue weighted by molar-refractivity contribution is 5.85. The second kappa shape index (κ2) is 6.22. The molecular weight excluding hydrogens is 234 g/mol. The maximum absolute atomic E-state index is 3.55. The van der Waals surface area contributed by atoms with Crippen molar-refractivity contribution < 1.29 is 0 Å². The quantitative estimate of drug-likeness (QED) is 0.805. The van der Waals surface area contributed by atoms with E-state index in [1.54, 1.807) is 0 Å². The van der Waals surface area contributed by atoms with Crippen LogP contribution in [0.3, 0.4) is 0 Å². The van der Waals surface area contributed by atoms with Crippen LogP contribution in [0, 0.1) is 6.92 Å². The first kappa shape index (κ1) is 14.1. The summed E-state index contributed by atoms with van der Waals surface area (Å²) < 4.78 is 2.31. The molecule has 0 saturated carbocycles. The van der Waals surface area contributed by atoms with E-state index in [9.17, 15) is 0 Å². The lowest BCUT2D eigenvalue weighted by molar-refractivity contribution is 0.348. The van der Waals surface area contributed by atoms with Gasteiger partial charge in [-0.15, -0.1) is 0 Å². The van der Waals surface area contributed by atoms with Gasteiger partial charge in [0.05, 0.1) is 0 Å². The normalized spacial score (nSPS) is 11.6.